The van der Waals surface area contributed by atoms with Gasteiger partial charge in [-0.3, -0.25) is 0 Å². The lowest BCUT2D eigenvalue weighted by molar-refractivity contribution is 0.423. The number of halogens is 3. The average molecular weight is 216 g/mol. The van der Waals surface area contributed by atoms with Crippen molar-refractivity contribution in [1.82, 2.24) is 5.16 Å². The van der Waals surface area contributed by atoms with Gasteiger partial charge in [-0.2, -0.15) is 0 Å². The maximum atomic E-state index is 13.2. The van der Waals surface area contributed by atoms with Crippen molar-refractivity contribution in [2.45, 2.75) is 0 Å². The van der Waals surface area contributed by atoms with Crippen LogP contribution in [0, 0.1) is 11.6 Å². The van der Waals surface area contributed by atoms with Crippen LogP contribution in [0.15, 0.2) is 28.8 Å². The second-order valence-corrected chi connectivity index (χ2v) is 2.99. The number of hydrogen-bond acceptors (Lipinski definition) is 2. The lowest BCUT2D eigenvalue weighted by Crippen LogP contribution is -1.88. The minimum atomic E-state index is -0.961. The van der Waals surface area contributed by atoms with Crippen LogP contribution in [0.5, 0.6) is 0 Å². The minimum absolute atomic E-state index is 0.0284. The van der Waals surface area contributed by atoms with Crippen LogP contribution in [-0.2, 0) is 0 Å². The quantitative estimate of drug-likeness (QED) is 0.730. The third kappa shape index (κ3) is 1.48. The minimum Gasteiger partial charge on any atom is -0.344 e. The van der Waals surface area contributed by atoms with Gasteiger partial charge < -0.3 is 4.52 Å². The van der Waals surface area contributed by atoms with E-state index in [1.165, 1.54) is 18.2 Å². The SMILES string of the molecule is Fc1cccc(-c2cc(Cl)on2)c1F. The van der Waals surface area contributed by atoms with Crippen LogP contribution in [-0.4, -0.2) is 5.16 Å². The monoisotopic (exact) mass is 215 g/mol. The smallest absolute Gasteiger partial charge is 0.226 e. The molecule has 0 aliphatic heterocycles. The Labute approximate surface area is 83.1 Å². The molecule has 2 nitrogen and oxygen atoms in total. The number of aromatic nitrogens is 1. The number of rotatable bonds is 1. The van der Waals surface area contributed by atoms with E-state index in [1.807, 2.05) is 0 Å². The highest BCUT2D eigenvalue weighted by atomic mass is 35.5. The Morgan fingerprint density at radius 3 is 2.71 bits per heavy atom. The molecule has 5 heteroatoms. The molecule has 0 spiro atoms. The summed E-state index contributed by atoms with van der Waals surface area (Å²) < 4.78 is 30.5. The highest BCUT2D eigenvalue weighted by Gasteiger charge is 2.12. The second-order valence-electron chi connectivity index (χ2n) is 2.62. The first-order valence-electron chi connectivity index (χ1n) is 3.75. The first-order valence-corrected chi connectivity index (χ1v) is 4.13. The van der Waals surface area contributed by atoms with E-state index in [4.69, 9.17) is 11.6 Å². The van der Waals surface area contributed by atoms with Gasteiger partial charge in [0.2, 0.25) is 5.22 Å². The van der Waals surface area contributed by atoms with E-state index >= 15 is 0 Å². The molecule has 0 aliphatic carbocycles. The number of nitrogens with zero attached hydrogens (tertiary/aromatic N) is 1. The van der Waals surface area contributed by atoms with Crippen LogP contribution in [0.1, 0.15) is 0 Å². The molecular weight excluding hydrogens is 212 g/mol. The molecule has 2 aromatic rings. The van der Waals surface area contributed by atoms with Gasteiger partial charge in [0.15, 0.2) is 11.6 Å². The lowest BCUT2D eigenvalue weighted by atomic mass is 10.1. The summed E-state index contributed by atoms with van der Waals surface area (Å²) in [6.07, 6.45) is 0. The molecule has 0 saturated heterocycles. The van der Waals surface area contributed by atoms with Gasteiger partial charge in [-0.15, -0.1) is 0 Å². The van der Waals surface area contributed by atoms with E-state index in [1.54, 1.807) is 0 Å². The Morgan fingerprint density at radius 1 is 1.29 bits per heavy atom. The summed E-state index contributed by atoms with van der Waals surface area (Å²) in [4.78, 5) is 0. The van der Waals surface area contributed by atoms with E-state index in [2.05, 4.69) is 9.68 Å². The number of hydrogen-bond donors (Lipinski definition) is 0. The van der Waals surface area contributed by atoms with Crippen LogP contribution < -0.4 is 0 Å². The predicted octanol–water partition coefficient (Wildman–Crippen LogP) is 3.27. The van der Waals surface area contributed by atoms with Crippen molar-refractivity contribution in [1.29, 1.82) is 0 Å². The predicted molar refractivity (Wildman–Crippen MR) is 46.9 cm³/mol. The molecular formula is C9H4ClF2NO. The summed E-state index contributed by atoms with van der Waals surface area (Å²) in [5.41, 5.74) is 0.202. The molecule has 1 heterocycles. The molecule has 0 amide bonds. The van der Waals surface area contributed by atoms with Gasteiger partial charge in [-0.05, 0) is 23.7 Å². The van der Waals surface area contributed by atoms with Crippen LogP contribution in [0.2, 0.25) is 5.22 Å². The maximum absolute atomic E-state index is 13.2. The fourth-order valence-corrected chi connectivity index (χ4v) is 1.22. The zero-order chi connectivity index (χ0) is 10.1. The van der Waals surface area contributed by atoms with Crippen molar-refractivity contribution in [3.8, 4) is 11.3 Å². The molecule has 0 saturated carbocycles. The molecule has 0 radical (unpaired) electrons. The van der Waals surface area contributed by atoms with Crippen molar-refractivity contribution in [3.63, 3.8) is 0 Å². The molecule has 0 fully saturated rings. The summed E-state index contributed by atoms with van der Waals surface area (Å²) in [5, 5.41) is 3.51. The van der Waals surface area contributed by atoms with Crippen molar-refractivity contribution in [2.24, 2.45) is 0 Å². The summed E-state index contributed by atoms with van der Waals surface area (Å²) in [5.74, 6) is -1.89. The van der Waals surface area contributed by atoms with E-state index < -0.39 is 11.6 Å². The van der Waals surface area contributed by atoms with Crippen LogP contribution in [0.3, 0.4) is 0 Å². The molecule has 1 aromatic heterocycles. The van der Waals surface area contributed by atoms with Gasteiger partial charge in [0, 0.05) is 11.6 Å². The highest BCUT2D eigenvalue weighted by Crippen LogP contribution is 2.25. The first kappa shape index (κ1) is 9.15. The van der Waals surface area contributed by atoms with E-state index in [-0.39, 0.29) is 16.5 Å². The third-order valence-corrected chi connectivity index (χ3v) is 1.89. The van der Waals surface area contributed by atoms with Crippen molar-refractivity contribution in [3.05, 3.63) is 41.1 Å². The Kier molecular flexibility index (Phi) is 2.21. The fourth-order valence-electron chi connectivity index (χ4n) is 1.08. The van der Waals surface area contributed by atoms with Gasteiger partial charge in [-0.1, -0.05) is 11.2 Å². The van der Waals surface area contributed by atoms with Crippen molar-refractivity contribution in [2.75, 3.05) is 0 Å². The Balaban J connectivity index is 2.57. The highest BCUT2D eigenvalue weighted by molar-refractivity contribution is 6.29. The number of benzene rings is 1. The van der Waals surface area contributed by atoms with Gasteiger partial charge in [-0.25, -0.2) is 8.78 Å². The molecule has 14 heavy (non-hydrogen) atoms. The molecule has 0 bridgehead atoms. The summed E-state index contributed by atoms with van der Waals surface area (Å²) in [6, 6.07) is 5.13. The average Bonchev–Trinajstić information content (AvgIpc) is 2.57. The molecule has 0 N–H and O–H groups in total. The molecule has 0 aliphatic rings. The van der Waals surface area contributed by atoms with Gasteiger partial charge >= 0.3 is 0 Å². The third-order valence-electron chi connectivity index (χ3n) is 1.71. The Hall–Kier alpha value is -1.42. The molecule has 0 unspecified atom stereocenters. The van der Waals surface area contributed by atoms with Gasteiger partial charge in [0.25, 0.3) is 0 Å². The van der Waals surface area contributed by atoms with E-state index in [0.29, 0.717) is 0 Å². The largest absolute Gasteiger partial charge is 0.344 e. The van der Waals surface area contributed by atoms with Gasteiger partial charge in [0.1, 0.15) is 5.69 Å². The van der Waals surface area contributed by atoms with Crippen LogP contribution in [0.25, 0.3) is 11.3 Å². The Bertz CT molecular complexity index is 470. The van der Waals surface area contributed by atoms with Crippen molar-refractivity contribution >= 4 is 11.6 Å². The van der Waals surface area contributed by atoms with E-state index in [0.717, 1.165) is 6.07 Å². The second kappa shape index (κ2) is 3.38. The molecule has 0 atom stereocenters. The van der Waals surface area contributed by atoms with E-state index in [9.17, 15) is 8.78 Å². The summed E-state index contributed by atoms with van der Waals surface area (Å²) in [6.45, 7) is 0. The summed E-state index contributed by atoms with van der Waals surface area (Å²) in [7, 11) is 0. The normalized spacial score (nSPS) is 10.5. The Morgan fingerprint density at radius 2 is 2.07 bits per heavy atom. The molecule has 1 aromatic carbocycles. The maximum Gasteiger partial charge on any atom is 0.226 e. The molecule has 72 valence electrons. The van der Waals surface area contributed by atoms with Gasteiger partial charge in [0.05, 0.1) is 0 Å². The first-order chi connectivity index (χ1) is 6.68. The lowest BCUT2D eigenvalue weighted by Gasteiger charge is -1.97. The zero-order valence-corrected chi connectivity index (χ0v) is 7.55. The van der Waals surface area contributed by atoms with Crippen LogP contribution in [0.4, 0.5) is 8.78 Å². The van der Waals surface area contributed by atoms with Crippen LogP contribution >= 0.6 is 11.6 Å². The topological polar surface area (TPSA) is 26.0 Å². The summed E-state index contributed by atoms with van der Waals surface area (Å²) >= 11 is 5.46. The zero-order valence-electron chi connectivity index (χ0n) is 6.80. The molecule has 2 rings (SSSR count). The standard InChI is InChI=1S/C9H4ClF2NO/c10-8-4-7(13-14-8)5-2-1-3-6(11)9(5)12/h1-4H. The van der Waals surface area contributed by atoms with Crippen molar-refractivity contribution < 1.29 is 13.3 Å². The fraction of sp³-hybridized carbons (Fsp3) is 0.